The SMILES string of the molecule is C[C@@H](O)[C@H](N)c1nc(-c2ccc(O)c(C(F)(F)F)c2)no1. The van der Waals surface area contributed by atoms with Crippen LogP contribution in [0.3, 0.4) is 0 Å². The van der Waals surface area contributed by atoms with E-state index in [-0.39, 0.29) is 17.3 Å². The van der Waals surface area contributed by atoms with Crippen molar-refractivity contribution < 1.29 is 27.9 Å². The largest absolute Gasteiger partial charge is 0.507 e. The molecule has 0 bridgehead atoms. The molecule has 0 aliphatic heterocycles. The van der Waals surface area contributed by atoms with Crippen molar-refractivity contribution in [3.8, 4) is 17.1 Å². The summed E-state index contributed by atoms with van der Waals surface area (Å²) in [6.45, 7) is 1.41. The summed E-state index contributed by atoms with van der Waals surface area (Å²) in [6, 6.07) is 1.87. The number of benzene rings is 1. The van der Waals surface area contributed by atoms with Crippen LogP contribution in [0.15, 0.2) is 22.7 Å². The summed E-state index contributed by atoms with van der Waals surface area (Å²) in [7, 11) is 0. The molecule has 0 saturated heterocycles. The van der Waals surface area contributed by atoms with Gasteiger partial charge in [0.15, 0.2) is 0 Å². The molecule has 2 aromatic rings. The quantitative estimate of drug-likeness (QED) is 0.799. The molecule has 0 aliphatic rings. The number of hydrogen-bond donors (Lipinski definition) is 3. The van der Waals surface area contributed by atoms with E-state index in [9.17, 15) is 23.4 Å². The van der Waals surface area contributed by atoms with Crippen molar-refractivity contribution in [1.29, 1.82) is 0 Å². The highest BCUT2D eigenvalue weighted by Gasteiger charge is 2.34. The summed E-state index contributed by atoms with van der Waals surface area (Å²) in [5, 5.41) is 22.1. The zero-order valence-electron chi connectivity index (χ0n) is 10.8. The molecule has 1 aromatic carbocycles. The van der Waals surface area contributed by atoms with Gasteiger partial charge in [-0.1, -0.05) is 5.16 Å². The third-order valence-corrected chi connectivity index (χ3v) is 2.81. The highest BCUT2D eigenvalue weighted by Crippen LogP contribution is 2.37. The van der Waals surface area contributed by atoms with E-state index in [2.05, 4.69) is 10.1 Å². The Hall–Kier alpha value is -2.13. The maximum atomic E-state index is 12.7. The van der Waals surface area contributed by atoms with Crippen LogP contribution in [0.25, 0.3) is 11.4 Å². The van der Waals surface area contributed by atoms with Gasteiger partial charge >= 0.3 is 6.18 Å². The third kappa shape index (κ3) is 3.14. The maximum absolute atomic E-state index is 12.7. The first-order chi connectivity index (χ1) is 9.70. The van der Waals surface area contributed by atoms with Gasteiger partial charge in [-0.2, -0.15) is 18.2 Å². The Balaban J connectivity index is 2.40. The second-order valence-corrected chi connectivity index (χ2v) is 4.45. The molecule has 0 radical (unpaired) electrons. The lowest BCUT2D eigenvalue weighted by molar-refractivity contribution is -0.138. The monoisotopic (exact) mass is 303 g/mol. The van der Waals surface area contributed by atoms with Crippen molar-refractivity contribution in [2.45, 2.75) is 25.2 Å². The van der Waals surface area contributed by atoms with Crippen LogP contribution in [-0.2, 0) is 6.18 Å². The van der Waals surface area contributed by atoms with Crippen LogP contribution in [-0.4, -0.2) is 26.5 Å². The summed E-state index contributed by atoms with van der Waals surface area (Å²) >= 11 is 0. The normalized spacial score (nSPS) is 15.0. The molecule has 9 heteroatoms. The molecule has 0 amide bonds. The van der Waals surface area contributed by atoms with Crippen LogP contribution in [0.1, 0.15) is 24.4 Å². The lowest BCUT2D eigenvalue weighted by Gasteiger charge is -2.09. The summed E-state index contributed by atoms with van der Waals surface area (Å²) < 4.78 is 42.9. The minimum atomic E-state index is -4.71. The zero-order chi connectivity index (χ0) is 15.8. The first-order valence-corrected chi connectivity index (χ1v) is 5.88. The predicted octanol–water partition coefficient (Wildman–Crippen LogP) is 1.84. The average molecular weight is 303 g/mol. The van der Waals surface area contributed by atoms with E-state index in [0.717, 1.165) is 6.07 Å². The number of nitrogens with two attached hydrogens (primary N) is 1. The van der Waals surface area contributed by atoms with Crippen molar-refractivity contribution in [3.05, 3.63) is 29.7 Å². The lowest BCUT2D eigenvalue weighted by atomic mass is 10.1. The van der Waals surface area contributed by atoms with E-state index in [1.165, 1.54) is 13.0 Å². The molecule has 4 N–H and O–H groups in total. The van der Waals surface area contributed by atoms with Gasteiger partial charge in [-0.15, -0.1) is 0 Å². The third-order valence-electron chi connectivity index (χ3n) is 2.81. The van der Waals surface area contributed by atoms with Crippen molar-refractivity contribution in [1.82, 2.24) is 10.1 Å². The fraction of sp³-hybridized carbons (Fsp3) is 0.333. The molecule has 2 rings (SSSR count). The van der Waals surface area contributed by atoms with Gasteiger partial charge in [0.2, 0.25) is 11.7 Å². The van der Waals surface area contributed by atoms with Gasteiger partial charge in [0.05, 0.1) is 11.7 Å². The van der Waals surface area contributed by atoms with Crippen LogP contribution in [0, 0.1) is 0 Å². The Kier molecular flexibility index (Phi) is 3.88. The van der Waals surface area contributed by atoms with Gasteiger partial charge < -0.3 is 20.5 Å². The summed E-state index contributed by atoms with van der Waals surface area (Å²) in [5.41, 5.74) is 4.39. The Bertz CT molecular complexity index is 640. The standard InChI is InChI=1S/C12H12F3N3O3/c1-5(19)9(16)11-17-10(18-21-11)6-2-3-8(20)7(4-6)12(13,14)15/h2-5,9,19-20H,16H2,1H3/t5-,9+/m1/s1. The number of phenols is 1. The molecule has 0 unspecified atom stereocenters. The second-order valence-electron chi connectivity index (χ2n) is 4.45. The molecule has 0 aliphatic carbocycles. The minimum absolute atomic E-state index is 0.00733. The first kappa shape index (κ1) is 15.3. The van der Waals surface area contributed by atoms with Gasteiger partial charge in [0, 0.05) is 5.56 Å². The predicted molar refractivity (Wildman–Crippen MR) is 65.0 cm³/mol. The van der Waals surface area contributed by atoms with Crippen LogP contribution < -0.4 is 5.73 Å². The summed E-state index contributed by atoms with van der Waals surface area (Å²) in [4.78, 5) is 3.84. The van der Waals surface area contributed by atoms with Crippen LogP contribution in [0.4, 0.5) is 13.2 Å². The van der Waals surface area contributed by atoms with Crippen LogP contribution in [0.5, 0.6) is 5.75 Å². The highest BCUT2D eigenvalue weighted by molar-refractivity contribution is 5.58. The van der Waals surface area contributed by atoms with Crippen molar-refractivity contribution in [2.75, 3.05) is 0 Å². The smallest absolute Gasteiger partial charge is 0.419 e. The molecule has 0 fully saturated rings. The zero-order valence-corrected chi connectivity index (χ0v) is 10.8. The van der Waals surface area contributed by atoms with E-state index in [0.29, 0.717) is 6.07 Å². The van der Waals surface area contributed by atoms with E-state index in [1.807, 2.05) is 0 Å². The van der Waals surface area contributed by atoms with Crippen molar-refractivity contribution in [3.63, 3.8) is 0 Å². The molecule has 21 heavy (non-hydrogen) atoms. The topological polar surface area (TPSA) is 105 Å². The highest BCUT2D eigenvalue weighted by atomic mass is 19.4. The summed E-state index contributed by atoms with van der Waals surface area (Å²) in [5.74, 6) is -1.11. The molecule has 1 aromatic heterocycles. The number of phenolic OH excluding ortho intramolecular Hbond substituents is 1. The van der Waals surface area contributed by atoms with Crippen molar-refractivity contribution in [2.24, 2.45) is 5.73 Å². The van der Waals surface area contributed by atoms with Gasteiger partial charge in [-0.05, 0) is 25.1 Å². The second kappa shape index (κ2) is 5.34. The Morgan fingerprint density at radius 1 is 1.33 bits per heavy atom. The van der Waals surface area contributed by atoms with E-state index >= 15 is 0 Å². The van der Waals surface area contributed by atoms with Gasteiger partial charge in [0.1, 0.15) is 11.8 Å². The van der Waals surface area contributed by atoms with Gasteiger partial charge in [-0.3, -0.25) is 0 Å². The lowest BCUT2D eigenvalue weighted by Crippen LogP contribution is -2.23. The summed E-state index contributed by atoms with van der Waals surface area (Å²) in [6.07, 6.45) is -5.66. The van der Waals surface area contributed by atoms with E-state index in [4.69, 9.17) is 10.3 Å². The molecule has 2 atom stereocenters. The minimum Gasteiger partial charge on any atom is -0.507 e. The first-order valence-electron chi connectivity index (χ1n) is 5.88. The number of aliphatic hydroxyl groups excluding tert-OH is 1. The van der Waals surface area contributed by atoms with E-state index in [1.54, 1.807) is 0 Å². The van der Waals surface area contributed by atoms with E-state index < -0.39 is 29.6 Å². The number of halogens is 3. The van der Waals surface area contributed by atoms with Crippen LogP contribution >= 0.6 is 0 Å². The molecular formula is C12H12F3N3O3. The molecule has 0 spiro atoms. The van der Waals surface area contributed by atoms with Crippen LogP contribution in [0.2, 0.25) is 0 Å². The number of aromatic hydroxyl groups is 1. The molecule has 6 nitrogen and oxygen atoms in total. The number of aliphatic hydroxyl groups is 1. The van der Waals surface area contributed by atoms with Crippen molar-refractivity contribution >= 4 is 0 Å². The maximum Gasteiger partial charge on any atom is 0.419 e. The molecular weight excluding hydrogens is 291 g/mol. The number of nitrogens with zero attached hydrogens (tertiary/aromatic N) is 2. The average Bonchev–Trinajstić information content (AvgIpc) is 2.86. The number of hydrogen-bond acceptors (Lipinski definition) is 6. The Labute approximate surface area is 117 Å². The fourth-order valence-electron chi connectivity index (χ4n) is 1.60. The molecule has 1 heterocycles. The van der Waals surface area contributed by atoms with Gasteiger partial charge in [-0.25, -0.2) is 0 Å². The van der Waals surface area contributed by atoms with Gasteiger partial charge in [0.25, 0.3) is 0 Å². The number of rotatable bonds is 3. The molecule has 0 saturated carbocycles. The molecule has 114 valence electrons. The number of alkyl halides is 3. The Morgan fingerprint density at radius 3 is 2.57 bits per heavy atom. The number of aromatic nitrogens is 2. The fourth-order valence-corrected chi connectivity index (χ4v) is 1.60. The Morgan fingerprint density at radius 2 is 2.00 bits per heavy atom.